The fourth-order valence-electron chi connectivity index (χ4n) is 4.49. The number of hydrogen-bond acceptors (Lipinski definition) is 2. The van der Waals surface area contributed by atoms with Gasteiger partial charge in [0.25, 0.3) is 10.1 Å². The summed E-state index contributed by atoms with van der Waals surface area (Å²) in [6.07, 6.45) is 8.75. The molecule has 5 heteroatoms. The van der Waals surface area contributed by atoms with Gasteiger partial charge in [0.2, 0.25) is 0 Å². The van der Waals surface area contributed by atoms with Crippen molar-refractivity contribution in [3.05, 3.63) is 29.3 Å². The van der Waals surface area contributed by atoms with Crippen LogP contribution in [0.4, 0.5) is 0 Å². The van der Waals surface area contributed by atoms with Crippen LogP contribution in [0.25, 0.3) is 0 Å². The van der Waals surface area contributed by atoms with Crippen molar-refractivity contribution in [3.63, 3.8) is 0 Å². The second-order valence-corrected chi connectivity index (χ2v) is 9.61. The molecule has 0 radical (unpaired) electrons. The number of benzene rings is 1. The maximum Gasteiger partial charge on any atom is 0.295 e. The van der Waals surface area contributed by atoms with Gasteiger partial charge in [0.15, 0.2) is 0 Å². The summed E-state index contributed by atoms with van der Waals surface area (Å²) in [6, 6.07) is 5.41. The molecule has 0 aromatic heterocycles. The largest absolute Gasteiger partial charge is 0.317 e. The van der Waals surface area contributed by atoms with Gasteiger partial charge in [0.1, 0.15) is 10.9 Å². The minimum atomic E-state index is -4.25. The summed E-state index contributed by atoms with van der Waals surface area (Å²) in [5.41, 5.74) is 1.82. The summed E-state index contributed by atoms with van der Waals surface area (Å²) in [5.74, 6) is 0. The fourth-order valence-corrected chi connectivity index (χ4v) is 5.32. The molecular formula is C23H42NO3S+. The van der Waals surface area contributed by atoms with Crippen LogP contribution < -0.4 is 0 Å². The van der Waals surface area contributed by atoms with Gasteiger partial charge in [-0.05, 0) is 37.8 Å². The van der Waals surface area contributed by atoms with E-state index in [-0.39, 0.29) is 10.9 Å². The van der Waals surface area contributed by atoms with Crippen LogP contribution in [0.5, 0.6) is 0 Å². The molecule has 0 saturated heterocycles. The van der Waals surface area contributed by atoms with Crippen LogP contribution in [0, 0.1) is 6.92 Å². The molecule has 1 rings (SSSR count). The highest BCUT2D eigenvalue weighted by Crippen LogP contribution is 2.39. The van der Waals surface area contributed by atoms with Gasteiger partial charge in [-0.1, -0.05) is 65.5 Å². The molecule has 1 aromatic rings. The van der Waals surface area contributed by atoms with Crippen molar-refractivity contribution >= 4 is 10.1 Å². The van der Waals surface area contributed by atoms with Crippen LogP contribution in [0.3, 0.4) is 0 Å². The van der Waals surface area contributed by atoms with Crippen molar-refractivity contribution in [2.75, 3.05) is 19.6 Å². The number of rotatable bonds is 14. The minimum Gasteiger partial charge on any atom is -0.317 e. The number of quaternary nitrogens is 1. The van der Waals surface area contributed by atoms with E-state index in [1.165, 1.54) is 0 Å². The molecule has 0 fully saturated rings. The van der Waals surface area contributed by atoms with Crippen molar-refractivity contribution in [2.45, 2.75) is 96.9 Å². The lowest BCUT2D eigenvalue weighted by atomic mass is 9.92. The van der Waals surface area contributed by atoms with Crippen molar-refractivity contribution in [1.29, 1.82) is 0 Å². The maximum absolute atomic E-state index is 12.2. The number of aryl methyl sites for hydroxylation is 1. The summed E-state index contributed by atoms with van der Waals surface area (Å²) in [4.78, 5) is 0.109. The van der Waals surface area contributed by atoms with Crippen LogP contribution in [0.15, 0.2) is 23.1 Å². The maximum atomic E-state index is 12.2. The van der Waals surface area contributed by atoms with Crippen LogP contribution in [-0.4, -0.2) is 37.1 Å². The van der Waals surface area contributed by atoms with Crippen LogP contribution >= 0.6 is 0 Å². The Morgan fingerprint density at radius 1 is 0.893 bits per heavy atom. The number of unbranched alkanes of at least 4 members (excludes halogenated alkanes) is 3. The molecule has 1 atom stereocenters. The number of nitrogens with zero attached hydrogens (tertiary/aromatic N) is 1. The van der Waals surface area contributed by atoms with Gasteiger partial charge in [-0.25, -0.2) is 0 Å². The Balaban J connectivity index is 3.66. The van der Waals surface area contributed by atoms with Gasteiger partial charge < -0.3 is 4.48 Å². The van der Waals surface area contributed by atoms with Gasteiger partial charge in [-0.2, -0.15) is 8.42 Å². The van der Waals surface area contributed by atoms with E-state index in [4.69, 9.17) is 0 Å². The topological polar surface area (TPSA) is 54.4 Å². The Kier molecular flexibility index (Phi) is 10.7. The van der Waals surface area contributed by atoms with E-state index in [9.17, 15) is 13.0 Å². The van der Waals surface area contributed by atoms with Gasteiger partial charge in [-0.3, -0.25) is 4.55 Å². The Bertz CT molecular complexity index is 663. The Morgan fingerprint density at radius 2 is 1.39 bits per heavy atom. The summed E-state index contributed by atoms with van der Waals surface area (Å²) in [5, 5.41) is 0. The average molecular weight is 413 g/mol. The smallest absolute Gasteiger partial charge is 0.295 e. The van der Waals surface area contributed by atoms with Gasteiger partial charge in [0, 0.05) is 12.0 Å². The molecular weight excluding hydrogens is 370 g/mol. The summed E-state index contributed by atoms with van der Waals surface area (Å²) >= 11 is 0. The van der Waals surface area contributed by atoms with Crippen molar-refractivity contribution in [3.8, 4) is 0 Å². The SMILES string of the molecule is CCCC[N+](CCCC)(CCCC)C(CCC)c1c(C)cccc1S(=O)(=O)O. The molecule has 0 bridgehead atoms. The molecule has 0 aliphatic carbocycles. The first-order valence-corrected chi connectivity index (χ1v) is 12.6. The first-order chi connectivity index (χ1) is 13.3. The zero-order chi connectivity index (χ0) is 21.2. The van der Waals surface area contributed by atoms with E-state index in [0.29, 0.717) is 0 Å². The Labute approximate surface area is 173 Å². The molecule has 4 nitrogen and oxygen atoms in total. The highest BCUT2D eigenvalue weighted by atomic mass is 32.2. The first-order valence-electron chi connectivity index (χ1n) is 11.2. The highest BCUT2D eigenvalue weighted by molar-refractivity contribution is 7.85. The molecule has 0 aliphatic heterocycles. The van der Waals surface area contributed by atoms with Crippen LogP contribution in [0.2, 0.25) is 0 Å². The van der Waals surface area contributed by atoms with E-state index < -0.39 is 10.1 Å². The molecule has 0 spiro atoms. The Morgan fingerprint density at radius 3 is 1.79 bits per heavy atom. The third-order valence-corrected chi connectivity index (χ3v) is 6.90. The second-order valence-electron chi connectivity index (χ2n) is 8.22. The molecule has 0 saturated carbocycles. The lowest BCUT2D eigenvalue weighted by Gasteiger charge is -2.46. The molecule has 1 unspecified atom stereocenters. The number of hydrogen-bond donors (Lipinski definition) is 1. The van der Waals surface area contributed by atoms with Crippen LogP contribution in [0.1, 0.15) is 96.2 Å². The molecule has 0 amide bonds. The zero-order valence-electron chi connectivity index (χ0n) is 18.7. The fraction of sp³-hybridized carbons (Fsp3) is 0.739. The monoisotopic (exact) mass is 412 g/mol. The van der Waals surface area contributed by atoms with Crippen molar-refractivity contribution in [2.24, 2.45) is 0 Å². The standard InChI is InChI=1S/C23H41NO3S/c1-6-10-17-24(18-11-7-2,19-12-8-3)21(14-9-4)23-20(5)15-13-16-22(23)28(25,26)27/h13,15-16,21H,6-12,14,17-19H2,1-5H3/p+1. The molecule has 28 heavy (non-hydrogen) atoms. The Hall–Kier alpha value is -0.910. The van der Waals surface area contributed by atoms with E-state index in [0.717, 1.165) is 86.6 Å². The van der Waals surface area contributed by atoms with Gasteiger partial charge in [0.05, 0.1) is 19.6 Å². The predicted molar refractivity (Wildman–Crippen MR) is 118 cm³/mol. The molecule has 1 N–H and O–H groups in total. The summed E-state index contributed by atoms with van der Waals surface area (Å²) in [6.45, 7) is 14.0. The molecule has 0 aliphatic rings. The average Bonchev–Trinajstić information content (AvgIpc) is 2.65. The van der Waals surface area contributed by atoms with Crippen molar-refractivity contribution in [1.82, 2.24) is 0 Å². The van der Waals surface area contributed by atoms with Crippen molar-refractivity contribution < 1.29 is 17.5 Å². The van der Waals surface area contributed by atoms with E-state index in [1.54, 1.807) is 12.1 Å². The third kappa shape index (κ3) is 6.57. The quantitative estimate of drug-likeness (QED) is 0.288. The van der Waals surface area contributed by atoms with E-state index in [2.05, 4.69) is 27.7 Å². The van der Waals surface area contributed by atoms with Gasteiger partial charge >= 0.3 is 0 Å². The molecule has 0 heterocycles. The summed E-state index contributed by atoms with van der Waals surface area (Å²) in [7, 11) is -4.25. The van der Waals surface area contributed by atoms with E-state index in [1.807, 2.05) is 13.0 Å². The highest BCUT2D eigenvalue weighted by Gasteiger charge is 2.39. The second kappa shape index (κ2) is 11.9. The molecule has 162 valence electrons. The summed E-state index contributed by atoms with van der Waals surface area (Å²) < 4.78 is 35.4. The third-order valence-electron chi connectivity index (χ3n) is 5.99. The first kappa shape index (κ1) is 25.1. The predicted octanol–water partition coefficient (Wildman–Crippen LogP) is 6.30. The van der Waals surface area contributed by atoms with Gasteiger partial charge in [-0.15, -0.1) is 0 Å². The lowest BCUT2D eigenvalue weighted by molar-refractivity contribution is -0.958. The molecule has 1 aromatic carbocycles. The zero-order valence-corrected chi connectivity index (χ0v) is 19.5. The van der Waals surface area contributed by atoms with E-state index >= 15 is 0 Å². The minimum absolute atomic E-state index is 0.104. The lowest BCUT2D eigenvalue weighted by Crippen LogP contribution is -2.53. The normalized spacial score (nSPS) is 13.6. The van der Waals surface area contributed by atoms with Crippen LogP contribution in [-0.2, 0) is 10.1 Å².